The molecule has 108 valence electrons. The topological polar surface area (TPSA) is 56.6 Å². The van der Waals surface area contributed by atoms with Crippen molar-refractivity contribution in [2.24, 2.45) is 0 Å². The molecule has 0 aliphatic rings. The summed E-state index contributed by atoms with van der Waals surface area (Å²) in [6.07, 6.45) is 1.08. The van der Waals surface area contributed by atoms with Crippen LogP contribution in [0.1, 0.15) is 24.3 Å². The molecule has 0 aliphatic carbocycles. The van der Waals surface area contributed by atoms with E-state index in [2.05, 4.69) is 5.10 Å². The second-order valence-corrected chi connectivity index (χ2v) is 4.55. The Morgan fingerprint density at radius 2 is 2.21 bits per heavy atom. The summed E-state index contributed by atoms with van der Waals surface area (Å²) in [6.45, 7) is 5.55. The van der Waals surface area contributed by atoms with Gasteiger partial charge in [0, 0.05) is 13.2 Å². The highest BCUT2D eigenvalue weighted by Crippen LogP contribution is 2.20. The van der Waals surface area contributed by atoms with Crippen molar-refractivity contribution >= 4 is 5.78 Å². The van der Waals surface area contributed by atoms with Crippen molar-refractivity contribution in [1.82, 2.24) is 14.7 Å². The van der Waals surface area contributed by atoms with Crippen LogP contribution in [0.4, 0.5) is 0 Å². The molecule has 1 aromatic rings. The van der Waals surface area contributed by atoms with Crippen LogP contribution in [0.3, 0.4) is 0 Å². The average molecular weight is 269 g/mol. The summed E-state index contributed by atoms with van der Waals surface area (Å²) >= 11 is 0. The SMILES string of the molecule is CCOC(C)C(=O)c1c(OC)cnn1CCN(C)C. The van der Waals surface area contributed by atoms with E-state index in [1.807, 2.05) is 25.9 Å². The molecule has 6 nitrogen and oxygen atoms in total. The van der Waals surface area contributed by atoms with Gasteiger partial charge in [0.1, 0.15) is 11.8 Å². The predicted molar refractivity (Wildman–Crippen MR) is 72.8 cm³/mol. The molecule has 0 radical (unpaired) electrons. The van der Waals surface area contributed by atoms with E-state index in [0.717, 1.165) is 6.54 Å². The zero-order valence-corrected chi connectivity index (χ0v) is 12.3. The van der Waals surface area contributed by atoms with Crippen LogP contribution in [0.5, 0.6) is 5.75 Å². The molecular formula is C13H23N3O3. The third-order valence-electron chi connectivity index (χ3n) is 2.80. The third-order valence-corrected chi connectivity index (χ3v) is 2.80. The van der Waals surface area contributed by atoms with Crippen molar-refractivity contribution in [3.8, 4) is 5.75 Å². The molecule has 0 N–H and O–H groups in total. The standard InChI is InChI=1S/C13H23N3O3/c1-6-19-10(2)13(17)12-11(18-5)9-14-16(12)8-7-15(3)4/h9-10H,6-8H2,1-5H3. The minimum absolute atomic E-state index is 0.102. The van der Waals surface area contributed by atoms with Gasteiger partial charge in [-0.3, -0.25) is 9.48 Å². The van der Waals surface area contributed by atoms with Crippen LogP contribution >= 0.6 is 0 Å². The minimum atomic E-state index is -0.492. The van der Waals surface area contributed by atoms with Crippen molar-refractivity contribution < 1.29 is 14.3 Å². The summed E-state index contributed by atoms with van der Waals surface area (Å²) < 4.78 is 12.2. The Bertz CT molecular complexity index is 415. The van der Waals surface area contributed by atoms with Crippen molar-refractivity contribution in [3.05, 3.63) is 11.9 Å². The van der Waals surface area contributed by atoms with Crippen LogP contribution in [0, 0.1) is 0 Å². The molecule has 0 saturated carbocycles. The number of carbonyl (C=O) groups is 1. The first-order valence-corrected chi connectivity index (χ1v) is 6.41. The average Bonchev–Trinajstić information content (AvgIpc) is 2.78. The van der Waals surface area contributed by atoms with Gasteiger partial charge in [0.25, 0.3) is 0 Å². The largest absolute Gasteiger partial charge is 0.493 e. The van der Waals surface area contributed by atoms with E-state index in [0.29, 0.717) is 24.6 Å². The number of rotatable bonds is 8. The van der Waals surface area contributed by atoms with Gasteiger partial charge in [0.05, 0.1) is 19.9 Å². The first-order chi connectivity index (χ1) is 9.01. The Kier molecular flexibility index (Phi) is 5.98. The lowest BCUT2D eigenvalue weighted by Crippen LogP contribution is -2.27. The number of aromatic nitrogens is 2. The summed E-state index contributed by atoms with van der Waals surface area (Å²) in [7, 11) is 5.49. The molecule has 6 heteroatoms. The second-order valence-electron chi connectivity index (χ2n) is 4.55. The molecule has 0 amide bonds. The quantitative estimate of drug-likeness (QED) is 0.661. The van der Waals surface area contributed by atoms with Gasteiger partial charge in [0.15, 0.2) is 5.75 Å². The summed E-state index contributed by atoms with van der Waals surface area (Å²) in [4.78, 5) is 14.4. The number of hydrogen-bond acceptors (Lipinski definition) is 5. The van der Waals surface area contributed by atoms with E-state index in [4.69, 9.17) is 9.47 Å². The number of methoxy groups -OCH3 is 1. The predicted octanol–water partition coefficient (Wildman–Crippen LogP) is 1.06. The van der Waals surface area contributed by atoms with Gasteiger partial charge in [-0.1, -0.05) is 0 Å². The molecule has 1 heterocycles. The first kappa shape index (κ1) is 15.7. The van der Waals surface area contributed by atoms with Crippen LogP contribution in [-0.2, 0) is 11.3 Å². The molecule has 1 unspecified atom stereocenters. The smallest absolute Gasteiger partial charge is 0.213 e. The fraction of sp³-hybridized carbons (Fsp3) is 0.692. The van der Waals surface area contributed by atoms with Crippen LogP contribution < -0.4 is 4.74 Å². The van der Waals surface area contributed by atoms with Gasteiger partial charge in [-0.2, -0.15) is 5.10 Å². The Hall–Kier alpha value is -1.40. The van der Waals surface area contributed by atoms with Crippen molar-refractivity contribution in [2.45, 2.75) is 26.5 Å². The molecular weight excluding hydrogens is 246 g/mol. The molecule has 0 fully saturated rings. The Morgan fingerprint density at radius 1 is 1.53 bits per heavy atom. The van der Waals surface area contributed by atoms with E-state index in [9.17, 15) is 4.79 Å². The Balaban J connectivity index is 2.95. The number of Topliss-reactive ketones (excluding diaryl/α,β-unsaturated/α-hetero) is 1. The highest BCUT2D eigenvalue weighted by atomic mass is 16.5. The van der Waals surface area contributed by atoms with Gasteiger partial charge >= 0.3 is 0 Å². The minimum Gasteiger partial charge on any atom is -0.493 e. The highest BCUT2D eigenvalue weighted by Gasteiger charge is 2.24. The Labute approximate surface area is 114 Å². The van der Waals surface area contributed by atoms with Gasteiger partial charge in [-0.15, -0.1) is 0 Å². The van der Waals surface area contributed by atoms with Crippen molar-refractivity contribution in [2.75, 3.05) is 34.4 Å². The number of ether oxygens (including phenoxy) is 2. The maximum absolute atomic E-state index is 12.4. The van der Waals surface area contributed by atoms with Gasteiger partial charge in [-0.05, 0) is 27.9 Å². The monoisotopic (exact) mass is 269 g/mol. The molecule has 0 aromatic carbocycles. The summed E-state index contributed by atoms with van der Waals surface area (Å²) in [6, 6.07) is 0. The number of nitrogens with zero attached hydrogens (tertiary/aromatic N) is 3. The van der Waals surface area contributed by atoms with Gasteiger partial charge in [0.2, 0.25) is 5.78 Å². The fourth-order valence-corrected chi connectivity index (χ4v) is 1.75. The molecule has 0 spiro atoms. The molecule has 1 rings (SSSR count). The lowest BCUT2D eigenvalue weighted by atomic mass is 10.2. The molecule has 0 bridgehead atoms. The van der Waals surface area contributed by atoms with E-state index in [1.165, 1.54) is 7.11 Å². The van der Waals surface area contributed by atoms with E-state index < -0.39 is 6.10 Å². The summed E-state index contributed by atoms with van der Waals surface area (Å²) in [5.41, 5.74) is 0.477. The number of hydrogen-bond donors (Lipinski definition) is 0. The fourth-order valence-electron chi connectivity index (χ4n) is 1.75. The van der Waals surface area contributed by atoms with Crippen LogP contribution in [0.15, 0.2) is 6.20 Å². The number of likely N-dealkylation sites (N-methyl/N-ethyl adjacent to an activating group) is 1. The van der Waals surface area contributed by atoms with Crippen LogP contribution in [0.2, 0.25) is 0 Å². The Morgan fingerprint density at radius 3 is 2.74 bits per heavy atom. The van der Waals surface area contributed by atoms with Crippen molar-refractivity contribution in [3.63, 3.8) is 0 Å². The zero-order valence-electron chi connectivity index (χ0n) is 12.3. The molecule has 1 aromatic heterocycles. The van der Waals surface area contributed by atoms with E-state index in [-0.39, 0.29) is 5.78 Å². The summed E-state index contributed by atoms with van der Waals surface area (Å²) in [5.74, 6) is 0.394. The van der Waals surface area contributed by atoms with Gasteiger partial charge in [-0.25, -0.2) is 0 Å². The zero-order chi connectivity index (χ0) is 14.4. The van der Waals surface area contributed by atoms with Gasteiger partial charge < -0.3 is 14.4 Å². The van der Waals surface area contributed by atoms with Crippen LogP contribution in [0.25, 0.3) is 0 Å². The number of carbonyl (C=O) groups excluding carboxylic acids is 1. The molecule has 0 saturated heterocycles. The number of ketones is 1. The summed E-state index contributed by atoms with van der Waals surface area (Å²) in [5, 5.41) is 4.21. The highest BCUT2D eigenvalue weighted by molar-refractivity contribution is 6.00. The van der Waals surface area contributed by atoms with Crippen LogP contribution in [-0.4, -0.2) is 60.9 Å². The molecule has 0 aliphatic heterocycles. The maximum Gasteiger partial charge on any atom is 0.213 e. The lowest BCUT2D eigenvalue weighted by Gasteiger charge is -2.15. The third kappa shape index (κ3) is 4.04. The van der Waals surface area contributed by atoms with Crippen molar-refractivity contribution in [1.29, 1.82) is 0 Å². The van der Waals surface area contributed by atoms with E-state index >= 15 is 0 Å². The van der Waals surface area contributed by atoms with E-state index in [1.54, 1.807) is 17.8 Å². The first-order valence-electron chi connectivity index (χ1n) is 6.41. The maximum atomic E-state index is 12.4. The second kappa shape index (κ2) is 7.25. The normalized spacial score (nSPS) is 12.7. The molecule has 1 atom stereocenters. The lowest BCUT2D eigenvalue weighted by molar-refractivity contribution is 0.0507. The molecule has 19 heavy (non-hydrogen) atoms.